The van der Waals surface area contributed by atoms with Gasteiger partial charge in [0.1, 0.15) is 6.54 Å². The second-order valence-electron chi connectivity index (χ2n) is 6.52. The maximum atomic E-state index is 11.9. The van der Waals surface area contributed by atoms with Crippen LogP contribution in [0.5, 0.6) is 0 Å². The Morgan fingerprint density at radius 1 is 1.15 bits per heavy atom. The molecule has 0 aliphatic carbocycles. The molecule has 1 aromatic carbocycles. The third-order valence-corrected chi connectivity index (χ3v) is 5.20. The lowest BCUT2D eigenvalue weighted by atomic mass is 9.94. The largest absolute Gasteiger partial charge is 0.353 e. The molecule has 2 atom stereocenters. The van der Waals surface area contributed by atoms with Crippen molar-refractivity contribution in [3.63, 3.8) is 0 Å². The number of aliphatic imine (C=N–C) groups is 1. The molecule has 0 aliphatic rings. The van der Waals surface area contributed by atoms with Gasteiger partial charge >= 0.3 is 0 Å². The number of amides is 1. The maximum Gasteiger partial charge on any atom is 0.243 e. The molecule has 27 heavy (non-hydrogen) atoms. The van der Waals surface area contributed by atoms with Crippen molar-refractivity contribution >= 4 is 47.2 Å². The summed E-state index contributed by atoms with van der Waals surface area (Å²) in [6.45, 7) is 5.13. The summed E-state index contributed by atoms with van der Waals surface area (Å²) in [6, 6.07) is 14.7. The molecule has 0 aliphatic heterocycles. The Morgan fingerprint density at radius 2 is 1.85 bits per heavy atom. The van der Waals surface area contributed by atoms with Crippen LogP contribution < -0.4 is 10.6 Å². The molecule has 2 rings (SSSR count). The highest BCUT2D eigenvalue weighted by Crippen LogP contribution is 2.18. The molecule has 5 nitrogen and oxygen atoms in total. The Balaban J connectivity index is 0.00000364. The molecule has 1 heterocycles. The molecule has 0 radical (unpaired) electrons. The Morgan fingerprint density at radius 3 is 2.44 bits per heavy atom. The highest BCUT2D eigenvalue weighted by Gasteiger charge is 2.16. The van der Waals surface area contributed by atoms with E-state index in [0.29, 0.717) is 18.4 Å². The van der Waals surface area contributed by atoms with Gasteiger partial charge in [-0.3, -0.25) is 4.79 Å². The van der Waals surface area contributed by atoms with Crippen LogP contribution in [0.15, 0.2) is 52.8 Å². The van der Waals surface area contributed by atoms with Crippen molar-refractivity contribution in [1.82, 2.24) is 15.5 Å². The molecule has 1 amide bonds. The zero-order valence-corrected chi connectivity index (χ0v) is 19.5. The van der Waals surface area contributed by atoms with E-state index < -0.39 is 0 Å². The van der Waals surface area contributed by atoms with Gasteiger partial charge in [-0.05, 0) is 23.9 Å². The number of hydrogen-bond acceptors (Lipinski definition) is 3. The fraction of sp³-hybridized carbons (Fsp3) is 0.400. The number of nitrogens with zero attached hydrogens (tertiary/aromatic N) is 2. The van der Waals surface area contributed by atoms with Crippen molar-refractivity contribution in [3.8, 4) is 0 Å². The Hall–Kier alpha value is -1.61. The van der Waals surface area contributed by atoms with Crippen molar-refractivity contribution in [3.05, 3.63) is 58.3 Å². The van der Waals surface area contributed by atoms with Crippen LogP contribution in [0.3, 0.4) is 0 Å². The van der Waals surface area contributed by atoms with E-state index >= 15 is 0 Å². The molecule has 0 saturated heterocycles. The predicted molar refractivity (Wildman–Crippen MR) is 125 cm³/mol. The van der Waals surface area contributed by atoms with E-state index in [4.69, 9.17) is 0 Å². The number of nitrogens with one attached hydrogen (secondary N) is 2. The first-order chi connectivity index (χ1) is 12.5. The second-order valence-corrected chi connectivity index (χ2v) is 7.55. The number of benzene rings is 1. The lowest BCUT2D eigenvalue weighted by Crippen LogP contribution is -2.44. The van der Waals surface area contributed by atoms with Crippen molar-refractivity contribution < 1.29 is 4.79 Å². The Kier molecular flexibility index (Phi) is 10.4. The van der Waals surface area contributed by atoms with E-state index in [9.17, 15) is 4.79 Å². The van der Waals surface area contributed by atoms with Crippen molar-refractivity contribution in [2.24, 2.45) is 4.99 Å². The zero-order valence-electron chi connectivity index (χ0n) is 16.3. The van der Waals surface area contributed by atoms with E-state index in [0.717, 1.165) is 0 Å². The number of hydrogen-bond donors (Lipinski definition) is 2. The monoisotopic (exact) mass is 500 g/mol. The van der Waals surface area contributed by atoms with Gasteiger partial charge < -0.3 is 15.5 Å². The fourth-order valence-electron chi connectivity index (χ4n) is 2.41. The van der Waals surface area contributed by atoms with Gasteiger partial charge in [0, 0.05) is 30.9 Å². The van der Waals surface area contributed by atoms with Gasteiger partial charge in [-0.25, -0.2) is 4.99 Å². The van der Waals surface area contributed by atoms with Gasteiger partial charge in [0.25, 0.3) is 0 Å². The fourth-order valence-corrected chi connectivity index (χ4v) is 3.06. The number of carbonyl (C=O) groups is 1. The first-order valence-corrected chi connectivity index (χ1v) is 9.67. The minimum Gasteiger partial charge on any atom is -0.353 e. The standard InChI is InChI=1S/C20H28N4OS.HI/c1-15(17-9-6-5-7-10-17)16(2)23-20(22-14-19(25)24(3)4)21-13-18-11-8-12-26-18;/h5-12,15-16H,13-14H2,1-4H3,(H2,21,22,23);1H. The summed E-state index contributed by atoms with van der Waals surface area (Å²) < 4.78 is 0. The van der Waals surface area contributed by atoms with Crippen LogP contribution in [0.2, 0.25) is 0 Å². The zero-order chi connectivity index (χ0) is 18.9. The lowest BCUT2D eigenvalue weighted by Gasteiger charge is -2.24. The van der Waals surface area contributed by atoms with Crippen LogP contribution in [0.4, 0.5) is 0 Å². The van der Waals surface area contributed by atoms with E-state index in [1.54, 1.807) is 30.3 Å². The summed E-state index contributed by atoms with van der Waals surface area (Å²) >= 11 is 1.70. The SMILES string of the molecule is CC(NC(=NCC(=O)N(C)C)NCc1cccs1)C(C)c1ccccc1.I. The Bertz CT molecular complexity index is 704. The number of rotatable bonds is 7. The minimum atomic E-state index is -0.0222. The van der Waals surface area contributed by atoms with E-state index in [2.05, 4.69) is 65.2 Å². The number of halogens is 1. The molecule has 2 unspecified atom stereocenters. The minimum absolute atomic E-state index is 0. The van der Waals surface area contributed by atoms with Crippen LogP contribution in [-0.4, -0.2) is 43.4 Å². The summed E-state index contributed by atoms with van der Waals surface area (Å²) in [7, 11) is 3.48. The molecule has 2 aromatic rings. The van der Waals surface area contributed by atoms with Crippen molar-refractivity contribution in [1.29, 1.82) is 0 Å². The highest BCUT2D eigenvalue weighted by molar-refractivity contribution is 14.0. The van der Waals surface area contributed by atoms with Gasteiger partial charge in [-0.15, -0.1) is 35.3 Å². The maximum absolute atomic E-state index is 11.9. The summed E-state index contributed by atoms with van der Waals surface area (Å²) in [6.07, 6.45) is 0. The topological polar surface area (TPSA) is 56.7 Å². The lowest BCUT2D eigenvalue weighted by molar-refractivity contribution is -0.127. The van der Waals surface area contributed by atoms with Gasteiger partial charge in [-0.1, -0.05) is 43.3 Å². The molecule has 0 spiro atoms. The summed E-state index contributed by atoms with van der Waals surface area (Å²) in [5.41, 5.74) is 1.27. The summed E-state index contributed by atoms with van der Waals surface area (Å²) in [5.74, 6) is 0.948. The molecule has 0 fully saturated rings. The third kappa shape index (κ3) is 7.88. The van der Waals surface area contributed by atoms with E-state index in [-0.39, 0.29) is 42.5 Å². The number of guanidine groups is 1. The smallest absolute Gasteiger partial charge is 0.243 e. The van der Waals surface area contributed by atoms with Crippen LogP contribution >= 0.6 is 35.3 Å². The normalized spacial score (nSPS) is 13.3. The number of likely N-dealkylation sites (N-methyl/N-ethyl adjacent to an activating group) is 1. The van der Waals surface area contributed by atoms with Crippen molar-refractivity contribution in [2.45, 2.75) is 32.4 Å². The van der Waals surface area contributed by atoms with Crippen molar-refractivity contribution in [2.75, 3.05) is 20.6 Å². The van der Waals surface area contributed by atoms with Gasteiger partial charge in [0.2, 0.25) is 5.91 Å². The van der Waals surface area contributed by atoms with Crippen LogP contribution in [0.1, 0.15) is 30.2 Å². The quantitative estimate of drug-likeness (QED) is 0.347. The highest BCUT2D eigenvalue weighted by atomic mass is 127. The summed E-state index contributed by atoms with van der Waals surface area (Å²) in [5, 5.41) is 8.83. The van der Waals surface area contributed by atoms with Gasteiger partial charge in [-0.2, -0.15) is 0 Å². The predicted octanol–water partition coefficient (Wildman–Crippen LogP) is 3.68. The first-order valence-electron chi connectivity index (χ1n) is 8.79. The molecular formula is C20H29IN4OS. The molecule has 2 N–H and O–H groups in total. The van der Waals surface area contributed by atoms with Crippen LogP contribution in [0, 0.1) is 0 Å². The molecule has 7 heteroatoms. The second kappa shape index (κ2) is 12.0. The molecular weight excluding hydrogens is 471 g/mol. The first kappa shape index (κ1) is 23.4. The molecule has 1 aromatic heterocycles. The van der Waals surface area contributed by atoms with E-state index in [1.165, 1.54) is 10.4 Å². The van der Waals surface area contributed by atoms with Crippen LogP contribution in [-0.2, 0) is 11.3 Å². The molecule has 0 saturated carbocycles. The van der Waals surface area contributed by atoms with Gasteiger partial charge in [0.05, 0.1) is 6.54 Å². The molecule has 148 valence electrons. The number of carbonyl (C=O) groups excluding carboxylic acids is 1. The van der Waals surface area contributed by atoms with E-state index in [1.807, 2.05) is 12.1 Å². The third-order valence-electron chi connectivity index (χ3n) is 4.32. The average Bonchev–Trinajstić information content (AvgIpc) is 3.17. The number of thiophene rings is 1. The Labute approximate surface area is 183 Å². The van der Waals surface area contributed by atoms with Crippen LogP contribution in [0.25, 0.3) is 0 Å². The molecule has 0 bridgehead atoms. The average molecular weight is 500 g/mol. The summed E-state index contributed by atoms with van der Waals surface area (Å²) in [4.78, 5) is 19.1. The van der Waals surface area contributed by atoms with Gasteiger partial charge in [0.15, 0.2) is 5.96 Å².